The quantitative estimate of drug-likeness (QED) is 0.597. The van der Waals surface area contributed by atoms with Crippen LogP contribution < -0.4 is 5.32 Å². The Morgan fingerprint density at radius 1 is 1.29 bits per heavy atom. The molecule has 2 aliphatic rings. The van der Waals surface area contributed by atoms with E-state index in [4.69, 9.17) is 0 Å². The lowest BCUT2D eigenvalue weighted by Crippen LogP contribution is -2.30. The van der Waals surface area contributed by atoms with Crippen molar-refractivity contribution in [3.05, 3.63) is 33.9 Å². The van der Waals surface area contributed by atoms with Crippen molar-refractivity contribution in [3.8, 4) is 0 Å². The molecule has 1 aromatic rings. The van der Waals surface area contributed by atoms with Gasteiger partial charge in [-0.3, -0.25) is 14.9 Å². The minimum absolute atomic E-state index is 0.0143. The number of non-ortho nitro benzene ring substituents is 1. The molecular weight excluding hydrogens is 220 g/mol. The van der Waals surface area contributed by atoms with E-state index in [0.717, 1.165) is 24.8 Å². The van der Waals surface area contributed by atoms with Crippen molar-refractivity contribution >= 4 is 17.3 Å². The van der Waals surface area contributed by atoms with E-state index in [1.807, 2.05) is 0 Å². The molecule has 1 aromatic carbocycles. The third-order valence-electron chi connectivity index (χ3n) is 3.76. The van der Waals surface area contributed by atoms with Crippen LogP contribution in [0.4, 0.5) is 11.4 Å². The summed E-state index contributed by atoms with van der Waals surface area (Å²) in [4.78, 5) is 22.1. The summed E-state index contributed by atoms with van der Waals surface area (Å²) in [6.45, 7) is 0. The number of nitrogens with zero attached hydrogens (tertiary/aromatic N) is 1. The number of fused-ring (bicyclic) bond motifs is 3. The van der Waals surface area contributed by atoms with E-state index in [1.54, 1.807) is 6.07 Å². The second-order valence-corrected chi connectivity index (χ2v) is 4.66. The zero-order valence-corrected chi connectivity index (χ0v) is 9.18. The lowest BCUT2D eigenvalue weighted by molar-refractivity contribution is -0.384. The molecule has 17 heavy (non-hydrogen) atoms. The van der Waals surface area contributed by atoms with Crippen LogP contribution in [0.3, 0.4) is 0 Å². The molecule has 5 nitrogen and oxygen atoms in total. The molecular formula is C12H12N2O3. The first-order valence-corrected chi connectivity index (χ1v) is 5.76. The Balaban J connectivity index is 2.07. The molecule has 1 N–H and O–H groups in total. The highest BCUT2D eigenvalue weighted by molar-refractivity contribution is 5.97. The summed E-state index contributed by atoms with van der Waals surface area (Å²) in [6.07, 6.45) is 2.98. The molecule has 2 unspecified atom stereocenters. The van der Waals surface area contributed by atoms with Crippen LogP contribution in [0.15, 0.2) is 18.2 Å². The van der Waals surface area contributed by atoms with Gasteiger partial charge in [-0.1, -0.05) is 6.42 Å². The van der Waals surface area contributed by atoms with Crippen molar-refractivity contribution in [1.29, 1.82) is 0 Å². The van der Waals surface area contributed by atoms with Gasteiger partial charge in [-0.15, -0.1) is 0 Å². The number of anilines is 1. The van der Waals surface area contributed by atoms with Gasteiger partial charge in [0.2, 0.25) is 5.91 Å². The molecule has 3 rings (SSSR count). The number of nitrogens with one attached hydrogen (secondary N) is 1. The third kappa shape index (κ3) is 1.50. The summed E-state index contributed by atoms with van der Waals surface area (Å²) in [5.41, 5.74) is 1.70. The fourth-order valence-electron chi connectivity index (χ4n) is 2.96. The van der Waals surface area contributed by atoms with Crippen LogP contribution in [0.1, 0.15) is 30.7 Å². The smallest absolute Gasteiger partial charge is 0.271 e. The summed E-state index contributed by atoms with van der Waals surface area (Å²) in [5, 5.41) is 13.5. The van der Waals surface area contributed by atoms with E-state index < -0.39 is 4.92 Å². The largest absolute Gasteiger partial charge is 0.325 e. The molecule has 1 heterocycles. The zero-order chi connectivity index (χ0) is 12.0. The van der Waals surface area contributed by atoms with Gasteiger partial charge in [0.25, 0.3) is 5.69 Å². The minimum Gasteiger partial charge on any atom is -0.325 e. The first kappa shape index (κ1) is 10.3. The SMILES string of the molecule is O=C1Nc2cc([N+](=O)[O-])ccc2C2CCCC12. The molecule has 5 heteroatoms. The van der Waals surface area contributed by atoms with E-state index in [-0.39, 0.29) is 23.4 Å². The first-order chi connectivity index (χ1) is 8.16. The van der Waals surface area contributed by atoms with E-state index in [0.29, 0.717) is 5.69 Å². The maximum absolute atomic E-state index is 11.8. The summed E-state index contributed by atoms with van der Waals surface area (Å²) in [7, 11) is 0. The topological polar surface area (TPSA) is 72.2 Å². The molecule has 1 aliphatic heterocycles. The average Bonchev–Trinajstić information content (AvgIpc) is 2.78. The maximum atomic E-state index is 11.8. The Bertz CT molecular complexity index is 512. The molecule has 0 radical (unpaired) electrons. The number of hydrogen-bond acceptors (Lipinski definition) is 3. The number of carbonyl (C=O) groups excluding carboxylic acids is 1. The highest BCUT2D eigenvalue weighted by Gasteiger charge is 2.39. The van der Waals surface area contributed by atoms with Crippen molar-refractivity contribution in [2.45, 2.75) is 25.2 Å². The maximum Gasteiger partial charge on any atom is 0.271 e. The van der Waals surface area contributed by atoms with Gasteiger partial charge in [-0.05, 0) is 30.4 Å². The van der Waals surface area contributed by atoms with Gasteiger partial charge in [0.1, 0.15) is 0 Å². The zero-order valence-electron chi connectivity index (χ0n) is 9.18. The first-order valence-electron chi connectivity index (χ1n) is 5.76. The standard InChI is InChI=1S/C12H12N2O3/c15-12-10-3-1-2-8(10)9-5-4-7(14(16)17)6-11(9)13-12/h4-6,8,10H,1-3H2,(H,13,15). The van der Waals surface area contributed by atoms with Gasteiger partial charge in [0, 0.05) is 18.1 Å². The van der Waals surface area contributed by atoms with Gasteiger partial charge in [0.15, 0.2) is 0 Å². The number of nitro groups is 1. The normalized spacial score (nSPS) is 26.0. The molecule has 88 valence electrons. The third-order valence-corrected chi connectivity index (χ3v) is 3.76. The fourth-order valence-corrected chi connectivity index (χ4v) is 2.96. The van der Waals surface area contributed by atoms with Gasteiger partial charge >= 0.3 is 0 Å². The number of carbonyl (C=O) groups is 1. The lowest BCUT2D eigenvalue weighted by atomic mass is 9.84. The van der Waals surface area contributed by atoms with Gasteiger partial charge < -0.3 is 5.32 Å². The fraction of sp³-hybridized carbons (Fsp3) is 0.417. The molecule has 0 bridgehead atoms. The Morgan fingerprint density at radius 2 is 2.06 bits per heavy atom. The molecule has 2 atom stereocenters. The number of hydrogen-bond donors (Lipinski definition) is 1. The molecule has 1 saturated carbocycles. The van der Waals surface area contributed by atoms with Gasteiger partial charge in [-0.2, -0.15) is 0 Å². The second-order valence-electron chi connectivity index (χ2n) is 4.66. The predicted molar refractivity (Wildman–Crippen MR) is 61.8 cm³/mol. The second kappa shape index (κ2) is 3.55. The van der Waals surface area contributed by atoms with Crippen LogP contribution >= 0.6 is 0 Å². The van der Waals surface area contributed by atoms with Crippen LogP contribution in [0.25, 0.3) is 0 Å². The summed E-state index contributed by atoms with van der Waals surface area (Å²) >= 11 is 0. The van der Waals surface area contributed by atoms with E-state index >= 15 is 0 Å². The van der Waals surface area contributed by atoms with Gasteiger partial charge in [-0.25, -0.2) is 0 Å². The van der Waals surface area contributed by atoms with Crippen molar-refractivity contribution in [2.24, 2.45) is 5.92 Å². The van der Waals surface area contributed by atoms with Crippen molar-refractivity contribution in [1.82, 2.24) is 0 Å². The number of benzene rings is 1. The van der Waals surface area contributed by atoms with Crippen molar-refractivity contribution < 1.29 is 9.72 Å². The van der Waals surface area contributed by atoms with Crippen LogP contribution in [0.2, 0.25) is 0 Å². The van der Waals surface area contributed by atoms with Crippen molar-refractivity contribution in [2.75, 3.05) is 5.32 Å². The van der Waals surface area contributed by atoms with Crippen LogP contribution in [-0.4, -0.2) is 10.8 Å². The summed E-state index contributed by atoms with van der Waals surface area (Å²) < 4.78 is 0. The van der Waals surface area contributed by atoms with E-state index in [1.165, 1.54) is 12.1 Å². The van der Waals surface area contributed by atoms with Crippen LogP contribution in [-0.2, 0) is 4.79 Å². The summed E-state index contributed by atoms with van der Waals surface area (Å²) in [6, 6.07) is 4.77. The van der Waals surface area contributed by atoms with E-state index in [2.05, 4.69) is 5.32 Å². The Morgan fingerprint density at radius 3 is 2.82 bits per heavy atom. The van der Waals surface area contributed by atoms with Gasteiger partial charge in [0.05, 0.1) is 10.6 Å². The minimum atomic E-state index is -0.437. The Labute approximate surface area is 98.0 Å². The molecule has 1 aliphatic carbocycles. The van der Waals surface area contributed by atoms with Crippen molar-refractivity contribution in [3.63, 3.8) is 0 Å². The molecule has 1 fully saturated rings. The molecule has 0 saturated heterocycles. The van der Waals surface area contributed by atoms with Crippen LogP contribution in [0, 0.1) is 16.0 Å². The number of nitro benzene ring substituents is 1. The van der Waals surface area contributed by atoms with Crippen LogP contribution in [0.5, 0.6) is 0 Å². The number of rotatable bonds is 1. The number of amides is 1. The predicted octanol–water partition coefficient (Wildman–Crippen LogP) is 2.43. The Hall–Kier alpha value is -1.91. The van der Waals surface area contributed by atoms with E-state index in [9.17, 15) is 14.9 Å². The molecule has 1 amide bonds. The monoisotopic (exact) mass is 232 g/mol. The molecule has 0 spiro atoms. The average molecular weight is 232 g/mol. The summed E-state index contributed by atoms with van der Waals surface area (Å²) in [5.74, 6) is 0.323. The highest BCUT2D eigenvalue weighted by atomic mass is 16.6. The molecule has 0 aromatic heterocycles. The Kier molecular flexibility index (Phi) is 2.14. The highest BCUT2D eigenvalue weighted by Crippen LogP contribution is 2.46. The lowest BCUT2D eigenvalue weighted by Gasteiger charge is -2.27.